The predicted octanol–water partition coefficient (Wildman–Crippen LogP) is 1.51. The Labute approximate surface area is 118 Å². The molecule has 0 bridgehead atoms. The smallest absolute Gasteiger partial charge is 0.220 e. The van der Waals surface area contributed by atoms with Gasteiger partial charge in [0.2, 0.25) is 5.91 Å². The minimum absolute atomic E-state index is 0.0322. The zero-order chi connectivity index (χ0) is 14.3. The molecule has 1 amide bonds. The van der Waals surface area contributed by atoms with Gasteiger partial charge in [-0.3, -0.25) is 4.79 Å². The lowest BCUT2D eigenvalue weighted by Gasteiger charge is -2.10. The first-order chi connectivity index (χ1) is 9.08. The molecule has 0 aliphatic carbocycles. The number of aromatic nitrogens is 2. The molecule has 5 nitrogen and oxygen atoms in total. The predicted molar refractivity (Wildman–Crippen MR) is 76.5 cm³/mol. The van der Waals surface area contributed by atoms with Crippen LogP contribution >= 0.6 is 11.8 Å². The molecule has 0 fully saturated rings. The van der Waals surface area contributed by atoms with Gasteiger partial charge in [0.15, 0.2) is 5.16 Å². The summed E-state index contributed by atoms with van der Waals surface area (Å²) in [7, 11) is 1.61. The van der Waals surface area contributed by atoms with Crippen molar-refractivity contribution in [1.29, 1.82) is 0 Å². The van der Waals surface area contributed by atoms with E-state index in [0.29, 0.717) is 26.0 Å². The van der Waals surface area contributed by atoms with E-state index < -0.39 is 0 Å². The van der Waals surface area contributed by atoms with Gasteiger partial charge in [-0.05, 0) is 32.1 Å². The minimum Gasteiger partial charge on any atom is -0.383 e. The molecule has 0 aromatic carbocycles. The van der Waals surface area contributed by atoms with Crippen molar-refractivity contribution in [1.82, 2.24) is 15.3 Å². The SMILES string of the molecule is COCCNC(=O)CCc1c(C)nc(SC)nc1C. The molecule has 0 atom stereocenters. The Hall–Kier alpha value is -1.14. The Kier molecular flexibility index (Phi) is 6.80. The van der Waals surface area contributed by atoms with E-state index in [1.54, 1.807) is 7.11 Å². The molecule has 1 N–H and O–H groups in total. The number of carbonyl (C=O) groups is 1. The number of hydrogen-bond donors (Lipinski definition) is 1. The molecule has 0 spiro atoms. The third-order valence-electron chi connectivity index (χ3n) is 2.81. The quantitative estimate of drug-likeness (QED) is 0.467. The van der Waals surface area contributed by atoms with Crippen molar-refractivity contribution < 1.29 is 9.53 Å². The van der Waals surface area contributed by atoms with Crippen molar-refractivity contribution in [3.8, 4) is 0 Å². The highest BCUT2D eigenvalue weighted by molar-refractivity contribution is 7.98. The van der Waals surface area contributed by atoms with Crippen LogP contribution < -0.4 is 5.32 Å². The third kappa shape index (κ3) is 5.16. The summed E-state index contributed by atoms with van der Waals surface area (Å²) >= 11 is 1.53. The van der Waals surface area contributed by atoms with Gasteiger partial charge in [0.05, 0.1) is 6.61 Å². The van der Waals surface area contributed by atoms with Crippen LogP contribution in [0.1, 0.15) is 23.4 Å². The molecule has 19 heavy (non-hydrogen) atoms. The van der Waals surface area contributed by atoms with Crippen LogP contribution in [0.5, 0.6) is 0 Å². The molecule has 1 rings (SSSR count). The van der Waals surface area contributed by atoms with Crippen molar-refractivity contribution in [3.63, 3.8) is 0 Å². The van der Waals surface area contributed by atoms with Crippen LogP contribution in [0.25, 0.3) is 0 Å². The number of carbonyl (C=O) groups excluding carboxylic acids is 1. The van der Waals surface area contributed by atoms with Crippen LogP contribution in [0.2, 0.25) is 0 Å². The van der Waals surface area contributed by atoms with E-state index >= 15 is 0 Å². The largest absolute Gasteiger partial charge is 0.383 e. The average molecular weight is 283 g/mol. The molecule has 0 aliphatic rings. The lowest BCUT2D eigenvalue weighted by atomic mass is 10.1. The van der Waals surface area contributed by atoms with Crippen LogP contribution in [0, 0.1) is 13.8 Å². The number of amides is 1. The van der Waals surface area contributed by atoms with Crippen LogP contribution in [-0.4, -0.2) is 42.4 Å². The van der Waals surface area contributed by atoms with Gasteiger partial charge in [0.1, 0.15) is 0 Å². The van der Waals surface area contributed by atoms with E-state index in [9.17, 15) is 4.79 Å². The fourth-order valence-electron chi connectivity index (χ4n) is 1.78. The number of thioether (sulfide) groups is 1. The number of nitrogens with zero attached hydrogens (tertiary/aromatic N) is 2. The second-order valence-electron chi connectivity index (χ2n) is 4.20. The number of hydrogen-bond acceptors (Lipinski definition) is 5. The molecule has 0 saturated carbocycles. The maximum atomic E-state index is 11.6. The number of rotatable bonds is 7. The average Bonchev–Trinajstić information content (AvgIpc) is 2.37. The Balaban J connectivity index is 2.55. The number of nitrogens with one attached hydrogen (secondary N) is 1. The molecule has 1 aromatic rings. The molecule has 6 heteroatoms. The summed E-state index contributed by atoms with van der Waals surface area (Å²) in [5, 5.41) is 3.59. The molecule has 106 valence electrons. The first-order valence-electron chi connectivity index (χ1n) is 6.22. The number of methoxy groups -OCH3 is 1. The molecule has 1 heterocycles. The van der Waals surface area contributed by atoms with E-state index in [0.717, 1.165) is 22.1 Å². The summed E-state index contributed by atoms with van der Waals surface area (Å²) in [6.07, 6.45) is 3.08. The molecule has 0 saturated heterocycles. The van der Waals surface area contributed by atoms with Crippen LogP contribution in [0.4, 0.5) is 0 Å². The summed E-state index contributed by atoms with van der Waals surface area (Å²) in [4.78, 5) is 20.4. The van der Waals surface area contributed by atoms with Crippen molar-refractivity contribution in [3.05, 3.63) is 17.0 Å². The van der Waals surface area contributed by atoms with Gasteiger partial charge in [-0.15, -0.1) is 0 Å². The fraction of sp³-hybridized carbons (Fsp3) is 0.615. The monoisotopic (exact) mass is 283 g/mol. The van der Waals surface area contributed by atoms with E-state index in [4.69, 9.17) is 4.74 Å². The Morgan fingerprint density at radius 3 is 2.47 bits per heavy atom. The van der Waals surface area contributed by atoms with Gasteiger partial charge in [-0.1, -0.05) is 11.8 Å². The fourth-order valence-corrected chi connectivity index (χ4v) is 2.24. The van der Waals surface area contributed by atoms with Crippen molar-refractivity contribution in [2.24, 2.45) is 0 Å². The molecular weight excluding hydrogens is 262 g/mol. The topological polar surface area (TPSA) is 64.1 Å². The molecule has 1 aromatic heterocycles. The molecular formula is C13H21N3O2S. The zero-order valence-electron chi connectivity index (χ0n) is 11.9. The van der Waals surface area contributed by atoms with Crippen LogP contribution in [0.3, 0.4) is 0 Å². The molecule has 0 radical (unpaired) electrons. The summed E-state index contributed by atoms with van der Waals surface area (Å²) in [6.45, 7) is 5.02. The second kappa shape index (κ2) is 8.12. The van der Waals surface area contributed by atoms with Gasteiger partial charge >= 0.3 is 0 Å². The lowest BCUT2D eigenvalue weighted by Crippen LogP contribution is -2.27. The van der Waals surface area contributed by atoms with Crippen LogP contribution in [-0.2, 0) is 16.0 Å². The highest BCUT2D eigenvalue weighted by atomic mass is 32.2. The Morgan fingerprint density at radius 1 is 1.32 bits per heavy atom. The zero-order valence-corrected chi connectivity index (χ0v) is 12.8. The number of aryl methyl sites for hydroxylation is 2. The summed E-state index contributed by atoms with van der Waals surface area (Å²) in [6, 6.07) is 0. The maximum absolute atomic E-state index is 11.6. The highest BCUT2D eigenvalue weighted by Gasteiger charge is 2.10. The van der Waals surface area contributed by atoms with Crippen molar-refractivity contribution in [2.45, 2.75) is 31.8 Å². The van der Waals surface area contributed by atoms with Gasteiger partial charge in [-0.25, -0.2) is 9.97 Å². The van der Waals surface area contributed by atoms with Gasteiger partial charge < -0.3 is 10.1 Å². The van der Waals surface area contributed by atoms with E-state index in [1.165, 1.54) is 11.8 Å². The van der Waals surface area contributed by atoms with Gasteiger partial charge in [0, 0.05) is 31.5 Å². The van der Waals surface area contributed by atoms with E-state index in [1.807, 2.05) is 20.1 Å². The normalized spacial score (nSPS) is 10.5. The van der Waals surface area contributed by atoms with E-state index in [-0.39, 0.29) is 5.91 Å². The molecule has 0 unspecified atom stereocenters. The Bertz CT molecular complexity index is 415. The van der Waals surface area contributed by atoms with E-state index in [2.05, 4.69) is 15.3 Å². The van der Waals surface area contributed by atoms with Crippen molar-refractivity contribution >= 4 is 17.7 Å². The lowest BCUT2D eigenvalue weighted by molar-refractivity contribution is -0.121. The van der Waals surface area contributed by atoms with Crippen molar-refractivity contribution in [2.75, 3.05) is 26.5 Å². The maximum Gasteiger partial charge on any atom is 0.220 e. The second-order valence-corrected chi connectivity index (χ2v) is 4.98. The Morgan fingerprint density at radius 2 is 1.95 bits per heavy atom. The molecule has 0 aliphatic heterocycles. The minimum atomic E-state index is 0.0322. The summed E-state index contributed by atoms with van der Waals surface area (Å²) in [5.74, 6) is 0.0322. The highest BCUT2D eigenvalue weighted by Crippen LogP contribution is 2.16. The van der Waals surface area contributed by atoms with Crippen LogP contribution in [0.15, 0.2) is 5.16 Å². The van der Waals surface area contributed by atoms with Gasteiger partial charge in [-0.2, -0.15) is 0 Å². The summed E-state index contributed by atoms with van der Waals surface area (Å²) < 4.78 is 4.88. The van der Waals surface area contributed by atoms with Gasteiger partial charge in [0.25, 0.3) is 0 Å². The third-order valence-corrected chi connectivity index (χ3v) is 3.36. The first-order valence-corrected chi connectivity index (χ1v) is 7.44. The summed E-state index contributed by atoms with van der Waals surface area (Å²) in [5.41, 5.74) is 2.99. The standard InChI is InChI=1S/C13H21N3O2S/c1-9-11(10(2)16-13(15-9)19-4)5-6-12(17)14-7-8-18-3/h5-8H2,1-4H3,(H,14,17). The number of ether oxygens (including phenoxy) is 1. The first kappa shape index (κ1) is 15.9.